The minimum Gasteiger partial charge on any atom is -0.309 e. The van der Waals surface area contributed by atoms with Crippen molar-refractivity contribution in [2.45, 2.75) is 38.6 Å². The predicted octanol–water partition coefficient (Wildman–Crippen LogP) is 1.63. The van der Waals surface area contributed by atoms with Crippen LogP contribution in [0.15, 0.2) is 0 Å². The molecule has 0 aliphatic rings. The molecule has 1 unspecified atom stereocenters. The minimum atomic E-state index is -0.285. The van der Waals surface area contributed by atoms with Crippen LogP contribution < -0.4 is 0 Å². The van der Waals surface area contributed by atoms with Crippen LogP contribution in [0.25, 0.3) is 0 Å². The molecule has 0 bridgehead atoms. The summed E-state index contributed by atoms with van der Waals surface area (Å²) >= 11 is 0. The van der Waals surface area contributed by atoms with Gasteiger partial charge in [0.25, 0.3) is 0 Å². The Hall–Kier alpha value is -0.410. The number of rotatable bonds is 7. The van der Waals surface area contributed by atoms with Crippen LogP contribution in [0, 0.1) is 0 Å². The first kappa shape index (κ1) is 14.6. The summed E-state index contributed by atoms with van der Waals surface area (Å²) in [5, 5.41) is 0. The Morgan fingerprint density at radius 1 is 1.13 bits per heavy atom. The maximum Gasteiger partial charge on any atom is 0.149 e. The summed E-state index contributed by atoms with van der Waals surface area (Å²) in [5.41, 5.74) is -0.285. The molecule has 3 heteroatoms. The third kappa shape index (κ3) is 4.76. The quantitative estimate of drug-likeness (QED) is 0.602. The first-order valence-corrected chi connectivity index (χ1v) is 5.64. The normalized spacial score (nSPS) is 15.7. The van der Waals surface area contributed by atoms with Crippen molar-refractivity contribution in [3.63, 3.8) is 0 Å². The third-order valence-electron chi connectivity index (χ3n) is 3.26. The van der Waals surface area contributed by atoms with E-state index in [9.17, 15) is 4.79 Å². The Balaban J connectivity index is 4.04. The number of hydrogen-bond donors (Lipinski definition) is 0. The fourth-order valence-corrected chi connectivity index (χ4v) is 1.61. The molecule has 90 valence electrons. The third-order valence-corrected chi connectivity index (χ3v) is 3.26. The van der Waals surface area contributed by atoms with Crippen molar-refractivity contribution in [1.29, 1.82) is 0 Å². The van der Waals surface area contributed by atoms with Crippen molar-refractivity contribution in [3.8, 4) is 0 Å². The van der Waals surface area contributed by atoms with Crippen molar-refractivity contribution in [3.05, 3.63) is 0 Å². The molecular formula is C12H26N2O. The zero-order chi connectivity index (χ0) is 12.1. The van der Waals surface area contributed by atoms with E-state index in [1.54, 1.807) is 6.92 Å². The molecule has 0 aliphatic heterocycles. The molecule has 0 aromatic heterocycles. The van der Waals surface area contributed by atoms with Crippen LogP contribution in [0.3, 0.4) is 0 Å². The van der Waals surface area contributed by atoms with E-state index >= 15 is 0 Å². The van der Waals surface area contributed by atoms with E-state index in [4.69, 9.17) is 0 Å². The summed E-state index contributed by atoms with van der Waals surface area (Å²) in [5.74, 6) is 0.261. The van der Waals surface area contributed by atoms with E-state index in [0.29, 0.717) is 0 Å². The highest BCUT2D eigenvalue weighted by molar-refractivity contribution is 5.85. The van der Waals surface area contributed by atoms with E-state index in [2.05, 4.69) is 19.0 Å². The summed E-state index contributed by atoms with van der Waals surface area (Å²) in [6.07, 6.45) is 3.21. The van der Waals surface area contributed by atoms with Gasteiger partial charge in [0.05, 0.1) is 5.54 Å². The average Bonchev–Trinajstić information content (AvgIpc) is 2.10. The van der Waals surface area contributed by atoms with Gasteiger partial charge in [-0.3, -0.25) is 9.69 Å². The SMILES string of the molecule is CC(=O)C(C)(CCCCN(C)C)N(C)C. The van der Waals surface area contributed by atoms with Gasteiger partial charge in [0, 0.05) is 0 Å². The van der Waals surface area contributed by atoms with E-state index in [1.807, 2.05) is 25.9 Å². The number of Topliss-reactive ketones (excluding diaryl/α,β-unsaturated/α-hetero) is 1. The number of carbonyl (C=O) groups is 1. The summed E-state index contributed by atoms with van der Waals surface area (Å²) in [6.45, 7) is 4.82. The van der Waals surface area contributed by atoms with Crippen LogP contribution in [0.5, 0.6) is 0 Å². The van der Waals surface area contributed by atoms with Crippen LogP contribution in [0.1, 0.15) is 33.1 Å². The van der Waals surface area contributed by atoms with Crippen LogP contribution in [0.4, 0.5) is 0 Å². The highest BCUT2D eigenvalue weighted by Gasteiger charge is 2.31. The van der Waals surface area contributed by atoms with Gasteiger partial charge in [-0.2, -0.15) is 0 Å². The number of likely N-dealkylation sites (N-methyl/N-ethyl adjacent to an activating group) is 1. The van der Waals surface area contributed by atoms with Gasteiger partial charge in [0.15, 0.2) is 0 Å². The molecule has 0 saturated heterocycles. The summed E-state index contributed by atoms with van der Waals surface area (Å²) in [7, 11) is 8.12. The van der Waals surface area contributed by atoms with Crippen LogP contribution in [0.2, 0.25) is 0 Å². The maximum atomic E-state index is 11.6. The van der Waals surface area contributed by atoms with E-state index < -0.39 is 0 Å². The van der Waals surface area contributed by atoms with Gasteiger partial charge >= 0.3 is 0 Å². The van der Waals surface area contributed by atoms with E-state index in [-0.39, 0.29) is 11.3 Å². The largest absolute Gasteiger partial charge is 0.309 e. The molecule has 0 radical (unpaired) electrons. The fourth-order valence-electron chi connectivity index (χ4n) is 1.61. The molecule has 0 N–H and O–H groups in total. The number of nitrogens with zero attached hydrogens (tertiary/aromatic N) is 2. The molecule has 0 aromatic rings. The maximum absolute atomic E-state index is 11.6. The molecule has 3 nitrogen and oxygen atoms in total. The molecule has 0 rings (SSSR count). The van der Waals surface area contributed by atoms with Gasteiger partial charge in [0.1, 0.15) is 5.78 Å². The zero-order valence-electron chi connectivity index (χ0n) is 11.1. The van der Waals surface area contributed by atoms with Gasteiger partial charge in [-0.1, -0.05) is 0 Å². The molecule has 0 fully saturated rings. The first-order chi connectivity index (χ1) is 6.80. The fraction of sp³-hybridized carbons (Fsp3) is 0.917. The number of hydrogen-bond acceptors (Lipinski definition) is 3. The Morgan fingerprint density at radius 3 is 2.00 bits per heavy atom. The number of carbonyl (C=O) groups excluding carboxylic acids is 1. The Kier molecular flexibility index (Phi) is 6.06. The lowest BCUT2D eigenvalue weighted by molar-refractivity contribution is -0.127. The lowest BCUT2D eigenvalue weighted by Crippen LogP contribution is -2.47. The minimum absolute atomic E-state index is 0.261. The molecular weight excluding hydrogens is 188 g/mol. The van der Waals surface area contributed by atoms with Crippen LogP contribution in [-0.2, 0) is 4.79 Å². The van der Waals surface area contributed by atoms with Gasteiger partial charge < -0.3 is 4.90 Å². The van der Waals surface area contributed by atoms with Crippen molar-refractivity contribution in [1.82, 2.24) is 9.80 Å². The van der Waals surface area contributed by atoms with Gasteiger partial charge in [-0.25, -0.2) is 0 Å². The number of ketones is 1. The monoisotopic (exact) mass is 214 g/mol. The Bertz CT molecular complexity index is 202. The average molecular weight is 214 g/mol. The smallest absolute Gasteiger partial charge is 0.149 e. The van der Waals surface area contributed by atoms with Crippen molar-refractivity contribution in [2.75, 3.05) is 34.7 Å². The summed E-state index contributed by atoms with van der Waals surface area (Å²) in [6, 6.07) is 0. The second kappa shape index (κ2) is 6.23. The molecule has 0 amide bonds. The Labute approximate surface area is 94.4 Å². The van der Waals surface area contributed by atoms with Gasteiger partial charge in [-0.15, -0.1) is 0 Å². The summed E-state index contributed by atoms with van der Waals surface area (Å²) in [4.78, 5) is 15.8. The second-order valence-electron chi connectivity index (χ2n) is 4.98. The van der Waals surface area contributed by atoms with Gasteiger partial charge in [-0.05, 0) is 67.8 Å². The lowest BCUT2D eigenvalue weighted by Gasteiger charge is -2.34. The molecule has 1 atom stereocenters. The van der Waals surface area contributed by atoms with Crippen molar-refractivity contribution < 1.29 is 4.79 Å². The molecule has 0 aromatic carbocycles. The van der Waals surface area contributed by atoms with Crippen molar-refractivity contribution in [2.24, 2.45) is 0 Å². The summed E-state index contributed by atoms with van der Waals surface area (Å²) < 4.78 is 0. The Morgan fingerprint density at radius 2 is 1.67 bits per heavy atom. The van der Waals surface area contributed by atoms with Gasteiger partial charge in [0.2, 0.25) is 0 Å². The standard InChI is InChI=1S/C12H26N2O/c1-11(15)12(2,14(5)6)9-7-8-10-13(3)4/h7-10H2,1-6H3. The number of unbranched alkanes of at least 4 members (excludes halogenated alkanes) is 1. The highest BCUT2D eigenvalue weighted by Crippen LogP contribution is 2.20. The molecule has 15 heavy (non-hydrogen) atoms. The van der Waals surface area contributed by atoms with Crippen molar-refractivity contribution >= 4 is 5.78 Å². The van der Waals surface area contributed by atoms with Crippen LogP contribution >= 0.6 is 0 Å². The topological polar surface area (TPSA) is 23.6 Å². The molecule has 0 spiro atoms. The molecule has 0 heterocycles. The van der Waals surface area contributed by atoms with E-state index in [1.165, 1.54) is 0 Å². The lowest BCUT2D eigenvalue weighted by atomic mass is 9.89. The van der Waals surface area contributed by atoms with E-state index in [0.717, 1.165) is 25.8 Å². The molecule has 0 saturated carbocycles. The first-order valence-electron chi connectivity index (χ1n) is 5.64. The highest BCUT2D eigenvalue weighted by atomic mass is 16.1. The molecule has 0 aliphatic carbocycles. The zero-order valence-corrected chi connectivity index (χ0v) is 11.1. The second-order valence-corrected chi connectivity index (χ2v) is 4.98. The van der Waals surface area contributed by atoms with Crippen LogP contribution in [-0.4, -0.2) is 55.9 Å². The predicted molar refractivity (Wildman–Crippen MR) is 65.2 cm³/mol.